The number of hydrogen-bond acceptors (Lipinski definition) is 4. The molecule has 0 aliphatic heterocycles. The van der Waals surface area contributed by atoms with Crippen LogP contribution in [0, 0.1) is 0 Å². The van der Waals surface area contributed by atoms with Gasteiger partial charge in [-0.2, -0.15) is 0 Å². The largest absolute Gasteiger partial charge is 0.483 e. The monoisotopic (exact) mass is 466 g/mol. The maximum Gasteiger partial charge on any atom is 0.258 e. The van der Waals surface area contributed by atoms with Crippen molar-refractivity contribution < 1.29 is 17.9 Å². The van der Waals surface area contributed by atoms with Gasteiger partial charge in [0.2, 0.25) is 10.0 Å². The Labute approximate surface area is 196 Å². The second-order valence-corrected chi connectivity index (χ2v) is 9.89. The minimum Gasteiger partial charge on any atom is -0.483 e. The molecular weight excluding hydrogens is 436 g/mol. The van der Waals surface area contributed by atoms with Gasteiger partial charge in [-0.05, 0) is 42.2 Å². The summed E-state index contributed by atoms with van der Waals surface area (Å²) in [4.78, 5) is 12.4. The fourth-order valence-electron chi connectivity index (χ4n) is 3.47. The molecule has 0 atom stereocenters. The number of carbonyl (C=O) groups excluding carboxylic acids is 1. The van der Waals surface area contributed by atoms with E-state index in [0.717, 1.165) is 16.7 Å². The average molecular weight is 467 g/mol. The molecule has 1 amide bonds. The number of rotatable bonds is 11. The molecular formula is C26H30N2O4S. The fraction of sp³-hybridized carbons (Fsp3) is 0.269. The van der Waals surface area contributed by atoms with E-state index in [9.17, 15) is 13.2 Å². The summed E-state index contributed by atoms with van der Waals surface area (Å²) in [6.45, 7) is 3.66. The Morgan fingerprint density at radius 2 is 1.45 bits per heavy atom. The minimum absolute atomic E-state index is 0.124. The van der Waals surface area contributed by atoms with Crippen LogP contribution in [-0.4, -0.2) is 27.0 Å². The number of nitrogens with one attached hydrogen (secondary N) is 2. The van der Waals surface area contributed by atoms with Crippen molar-refractivity contribution in [3.8, 4) is 5.75 Å². The fourth-order valence-corrected chi connectivity index (χ4v) is 4.96. The highest BCUT2D eigenvalue weighted by Gasteiger charge is 2.16. The summed E-state index contributed by atoms with van der Waals surface area (Å²) >= 11 is 0. The van der Waals surface area contributed by atoms with Crippen LogP contribution in [0.25, 0.3) is 0 Å². The van der Waals surface area contributed by atoms with Gasteiger partial charge in [-0.1, -0.05) is 72.8 Å². The van der Waals surface area contributed by atoms with E-state index in [-0.39, 0.29) is 30.9 Å². The maximum absolute atomic E-state index is 12.4. The van der Waals surface area contributed by atoms with Gasteiger partial charge in [0.05, 0.1) is 5.75 Å². The Balaban J connectivity index is 1.57. The molecule has 0 bridgehead atoms. The topological polar surface area (TPSA) is 84.5 Å². The van der Waals surface area contributed by atoms with E-state index in [0.29, 0.717) is 17.7 Å². The second kappa shape index (κ2) is 11.6. The highest BCUT2D eigenvalue weighted by atomic mass is 32.2. The number of ether oxygens (including phenoxy) is 1. The van der Waals surface area contributed by atoms with Crippen LogP contribution in [0.1, 0.15) is 36.1 Å². The summed E-state index contributed by atoms with van der Waals surface area (Å²) in [6.07, 6.45) is 0.713. The van der Waals surface area contributed by atoms with Crippen molar-refractivity contribution in [3.05, 3.63) is 101 Å². The summed E-state index contributed by atoms with van der Waals surface area (Å²) in [5, 5.41) is 2.83. The van der Waals surface area contributed by atoms with Crippen LogP contribution < -0.4 is 14.8 Å². The van der Waals surface area contributed by atoms with Crippen LogP contribution in [0.4, 0.5) is 0 Å². The molecule has 174 valence electrons. The third kappa shape index (κ3) is 8.04. The molecule has 2 N–H and O–H groups in total. The van der Waals surface area contributed by atoms with E-state index in [1.807, 2.05) is 54.6 Å². The lowest BCUT2D eigenvalue weighted by Gasteiger charge is -2.14. The first-order valence-electron chi connectivity index (χ1n) is 10.9. The van der Waals surface area contributed by atoms with Gasteiger partial charge in [0, 0.05) is 19.0 Å². The molecule has 3 rings (SSSR count). The predicted octanol–water partition coefficient (Wildman–Crippen LogP) is 3.80. The molecule has 0 aromatic heterocycles. The Bertz CT molecular complexity index is 1160. The number of carbonyl (C=O) groups is 1. The molecule has 0 fully saturated rings. The molecule has 0 saturated carbocycles. The van der Waals surface area contributed by atoms with Crippen LogP contribution in [0.5, 0.6) is 5.75 Å². The zero-order valence-electron chi connectivity index (χ0n) is 19.0. The normalized spacial score (nSPS) is 11.4. The van der Waals surface area contributed by atoms with Gasteiger partial charge in [-0.15, -0.1) is 0 Å². The van der Waals surface area contributed by atoms with Crippen molar-refractivity contribution in [1.82, 2.24) is 10.0 Å². The summed E-state index contributed by atoms with van der Waals surface area (Å²) in [7, 11) is -3.46. The predicted molar refractivity (Wildman–Crippen MR) is 130 cm³/mol. The average Bonchev–Trinajstić information content (AvgIpc) is 2.77. The maximum atomic E-state index is 12.4. The molecule has 6 nitrogen and oxygen atoms in total. The Morgan fingerprint density at radius 3 is 2.15 bits per heavy atom. The molecule has 0 unspecified atom stereocenters. The summed E-state index contributed by atoms with van der Waals surface area (Å²) in [5.41, 5.74) is 3.57. The highest BCUT2D eigenvalue weighted by molar-refractivity contribution is 7.88. The quantitative estimate of drug-likeness (QED) is 0.450. The molecule has 7 heteroatoms. The summed E-state index contributed by atoms with van der Waals surface area (Å²) < 4.78 is 33.0. The Kier molecular flexibility index (Phi) is 8.63. The lowest BCUT2D eigenvalue weighted by molar-refractivity contribution is -0.123. The summed E-state index contributed by atoms with van der Waals surface area (Å²) in [6, 6.07) is 24.8. The first-order chi connectivity index (χ1) is 15.8. The van der Waals surface area contributed by atoms with Gasteiger partial charge >= 0.3 is 0 Å². The number of benzene rings is 3. The molecule has 0 radical (unpaired) electrons. The number of sulfonamides is 1. The van der Waals surface area contributed by atoms with E-state index in [1.54, 1.807) is 26.0 Å². The van der Waals surface area contributed by atoms with Gasteiger partial charge in [0.25, 0.3) is 5.91 Å². The van der Waals surface area contributed by atoms with Crippen LogP contribution in [0.2, 0.25) is 0 Å². The standard InChI is InChI=1S/C26H30N2O4S/c1-20(2)28-33(30,31)19-24-14-7-6-13-23(24)17-27-26(29)18-32-25-15-9-8-12-22(25)16-21-10-4-3-5-11-21/h3-15,20,28H,16-19H2,1-2H3,(H,27,29). The van der Waals surface area contributed by atoms with Gasteiger partial charge in [0.15, 0.2) is 6.61 Å². The van der Waals surface area contributed by atoms with Gasteiger partial charge < -0.3 is 10.1 Å². The van der Waals surface area contributed by atoms with E-state index in [1.165, 1.54) is 0 Å². The SMILES string of the molecule is CC(C)NS(=O)(=O)Cc1ccccc1CNC(=O)COc1ccccc1Cc1ccccc1. The second-order valence-electron chi connectivity index (χ2n) is 8.14. The molecule has 0 spiro atoms. The molecule has 3 aromatic rings. The van der Waals surface area contributed by atoms with Crippen LogP contribution >= 0.6 is 0 Å². The molecule has 33 heavy (non-hydrogen) atoms. The van der Waals surface area contributed by atoms with Gasteiger partial charge in [-0.3, -0.25) is 4.79 Å². The molecule has 0 heterocycles. The lowest BCUT2D eigenvalue weighted by Crippen LogP contribution is -2.32. The lowest BCUT2D eigenvalue weighted by atomic mass is 10.0. The Morgan fingerprint density at radius 1 is 0.848 bits per heavy atom. The van der Waals surface area contributed by atoms with Crippen LogP contribution in [0.3, 0.4) is 0 Å². The zero-order chi connectivity index (χ0) is 23.7. The summed E-state index contributed by atoms with van der Waals surface area (Å²) in [5.74, 6) is 0.255. The van der Waals surface area contributed by atoms with Crippen molar-refractivity contribution in [2.75, 3.05) is 6.61 Å². The number of amides is 1. The first-order valence-corrected chi connectivity index (χ1v) is 12.6. The molecule has 3 aromatic carbocycles. The smallest absolute Gasteiger partial charge is 0.258 e. The van der Waals surface area contributed by atoms with Crippen molar-refractivity contribution in [2.45, 2.75) is 38.6 Å². The molecule has 0 aliphatic rings. The van der Waals surface area contributed by atoms with Crippen molar-refractivity contribution >= 4 is 15.9 Å². The zero-order valence-corrected chi connectivity index (χ0v) is 19.8. The molecule has 0 aliphatic carbocycles. The van der Waals surface area contributed by atoms with Gasteiger partial charge in [0.1, 0.15) is 5.75 Å². The first kappa shape index (κ1) is 24.5. The van der Waals surface area contributed by atoms with Crippen molar-refractivity contribution in [2.24, 2.45) is 0 Å². The van der Waals surface area contributed by atoms with Crippen molar-refractivity contribution in [3.63, 3.8) is 0 Å². The van der Waals surface area contributed by atoms with Crippen LogP contribution in [0.15, 0.2) is 78.9 Å². The minimum atomic E-state index is -3.46. The van der Waals surface area contributed by atoms with E-state index in [2.05, 4.69) is 22.2 Å². The molecule has 0 saturated heterocycles. The van der Waals surface area contributed by atoms with Gasteiger partial charge in [-0.25, -0.2) is 13.1 Å². The Hall–Kier alpha value is -3.16. The van der Waals surface area contributed by atoms with E-state index >= 15 is 0 Å². The third-order valence-electron chi connectivity index (χ3n) is 4.92. The third-order valence-corrected chi connectivity index (χ3v) is 6.45. The van der Waals surface area contributed by atoms with Crippen LogP contribution in [-0.2, 0) is 33.5 Å². The number of para-hydroxylation sites is 1. The highest BCUT2D eigenvalue weighted by Crippen LogP contribution is 2.21. The van der Waals surface area contributed by atoms with E-state index < -0.39 is 10.0 Å². The number of hydrogen-bond donors (Lipinski definition) is 2. The van der Waals surface area contributed by atoms with Crippen molar-refractivity contribution in [1.29, 1.82) is 0 Å². The van der Waals surface area contributed by atoms with E-state index in [4.69, 9.17) is 4.74 Å².